The summed E-state index contributed by atoms with van der Waals surface area (Å²) >= 11 is 0. The number of nitrogens with zero attached hydrogens (tertiary/aromatic N) is 2. The average Bonchev–Trinajstić information content (AvgIpc) is 3.27. The number of rotatable bonds is 4. The van der Waals surface area contributed by atoms with Gasteiger partial charge in [-0.3, -0.25) is 14.9 Å². The number of para-hydroxylation sites is 2. The van der Waals surface area contributed by atoms with E-state index in [0.29, 0.717) is 11.3 Å². The van der Waals surface area contributed by atoms with Crippen LogP contribution in [0.15, 0.2) is 76.8 Å². The third-order valence-corrected chi connectivity index (χ3v) is 4.17. The molecule has 0 saturated carbocycles. The van der Waals surface area contributed by atoms with Gasteiger partial charge in [-0.15, -0.1) is 0 Å². The molecule has 2 aromatic carbocycles. The van der Waals surface area contributed by atoms with Crippen LogP contribution < -0.4 is 10.2 Å². The first kappa shape index (κ1) is 17.2. The van der Waals surface area contributed by atoms with Crippen molar-refractivity contribution in [2.45, 2.75) is 0 Å². The van der Waals surface area contributed by atoms with Gasteiger partial charge in [0.25, 0.3) is 11.6 Å². The van der Waals surface area contributed by atoms with Crippen molar-refractivity contribution in [1.82, 2.24) is 5.32 Å². The predicted octanol–water partition coefficient (Wildman–Crippen LogP) is 3.95. The number of nitrogens with one attached hydrogen (secondary N) is 1. The lowest BCUT2D eigenvalue weighted by Gasteiger charge is -2.10. The first-order valence-electron chi connectivity index (χ1n) is 8.30. The van der Waals surface area contributed by atoms with Gasteiger partial charge in [0.15, 0.2) is 0 Å². The maximum atomic E-state index is 12.6. The molecule has 3 amide bonds. The largest absolute Gasteiger partial charge is 0.456 e. The first-order valence-corrected chi connectivity index (χ1v) is 8.30. The third kappa shape index (κ3) is 3.03. The summed E-state index contributed by atoms with van der Waals surface area (Å²) in [7, 11) is 0. The molecule has 28 heavy (non-hydrogen) atoms. The Kier molecular flexibility index (Phi) is 4.21. The molecule has 0 aliphatic carbocycles. The highest BCUT2D eigenvalue weighted by Crippen LogP contribution is 2.31. The molecule has 138 valence electrons. The minimum absolute atomic E-state index is 0.0531. The van der Waals surface area contributed by atoms with Crippen molar-refractivity contribution in [3.05, 3.63) is 88.3 Å². The summed E-state index contributed by atoms with van der Waals surface area (Å²) in [5, 5.41) is 13.7. The Morgan fingerprint density at radius 3 is 2.43 bits per heavy atom. The number of carbonyl (C=O) groups is 2. The molecular formula is C20H13N3O5. The maximum absolute atomic E-state index is 12.6. The molecule has 8 nitrogen and oxygen atoms in total. The lowest BCUT2D eigenvalue weighted by molar-refractivity contribution is -0.384. The number of nitro groups is 1. The smallest absolute Gasteiger partial charge is 0.333 e. The van der Waals surface area contributed by atoms with Gasteiger partial charge in [0.05, 0.1) is 16.2 Å². The van der Waals surface area contributed by atoms with Crippen LogP contribution in [0, 0.1) is 10.1 Å². The summed E-state index contributed by atoms with van der Waals surface area (Å²) in [6.45, 7) is 0. The summed E-state index contributed by atoms with van der Waals surface area (Å²) in [4.78, 5) is 36.5. The molecule has 4 rings (SSSR count). The lowest BCUT2D eigenvalue weighted by atomic mass is 10.1. The van der Waals surface area contributed by atoms with E-state index in [1.54, 1.807) is 60.7 Å². The van der Waals surface area contributed by atoms with Crippen molar-refractivity contribution in [3.8, 4) is 11.3 Å². The number of nitro benzene ring substituents is 1. The molecule has 1 N–H and O–H groups in total. The molecule has 0 bridgehead atoms. The number of hydrogen-bond acceptors (Lipinski definition) is 5. The number of carbonyl (C=O) groups excluding carboxylic acids is 2. The van der Waals surface area contributed by atoms with Crippen LogP contribution in [0.25, 0.3) is 17.4 Å². The minimum Gasteiger partial charge on any atom is -0.456 e. The normalized spacial score (nSPS) is 15.1. The van der Waals surface area contributed by atoms with Crippen LogP contribution in [0.2, 0.25) is 0 Å². The van der Waals surface area contributed by atoms with Gasteiger partial charge in [0.2, 0.25) is 0 Å². The predicted molar refractivity (Wildman–Crippen MR) is 101 cm³/mol. The monoisotopic (exact) mass is 375 g/mol. The summed E-state index contributed by atoms with van der Waals surface area (Å²) in [5.74, 6) is 0.0578. The maximum Gasteiger partial charge on any atom is 0.333 e. The summed E-state index contributed by atoms with van der Waals surface area (Å²) in [6, 6.07) is 17.3. The molecule has 0 radical (unpaired) electrons. The number of urea groups is 1. The van der Waals surface area contributed by atoms with Crippen molar-refractivity contribution in [2.75, 3.05) is 4.90 Å². The highest BCUT2D eigenvalue weighted by Gasteiger charge is 2.35. The van der Waals surface area contributed by atoms with Crippen LogP contribution in [-0.2, 0) is 4.79 Å². The molecule has 1 aliphatic rings. The molecular weight excluding hydrogens is 362 g/mol. The summed E-state index contributed by atoms with van der Waals surface area (Å²) in [5.41, 5.74) is 0.743. The Labute approximate surface area is 158 Å². The Morgan fingerprint density at radius 2 is 1.68 bits per heavy atom. The van der Waals surface area contributed by atoms with Crippen LogP contribution in [0.1, 0.15) is 5.76 Å². The van der Waals surface area contributed by atoms with Crippen molar-refractivity contribution >= 4 is 29.4 Å². The fraction of sp³-hybridized carbons (Fsp3) is 0. The van der Waals surface area contributed by atoms with Gasteiger partial charge < -0.3 is 9.73 Å². The zero-order valence-corrected chi connectivity index (χ0v) is 14.4. The molecule has 2 heterocycles. The highest BCUT2D eigenvalue weighted by atomic mass is 16.6. The number of imide groups is 1. The second kappa shape index (κ2) is 6.84. The van der Waals surface area contributed by atoms with Gasteiger partial charge in [-0.2, -0.15) is 0 Å². The van der Waals surface area contributed by atoms with E-state index in [2.05, 4.69) is 5.32 Å². The molecule has 0 unspecified atom stereocenters. The fourth-order valence-corrected chi connectivity index (χ4v) is 2.91. The molecule has 8 heteroatoms. The standard InChI is InChI=1S/C20H13N3O5/c24-19-16(21-20(25)22(19)13-6-2-1-3-7-13)12-14-10-11-18(28-14)15-8-4-5-9-17(15)23(26)27/h1-12H,(H,21,25)/b16-12+. The molecule has 3 aromatic rings. The van der Waals surface area contributed by atoms with Gasteiger partial charge >= 0.3 is 6.03 Å². The third-order valence-electron chi connectivity index (χ3n) is 4.17. The highest BCUT2D eigenvalue weighted by molar-refractivity contribution is 6.28. The number of benzene rings is 2. The van der Waals surface area contributed by atoms with Crippen LogP contribution in [0.3, 0.4) is 0 Å². The van der Waals surface area contributed by atoms with E-state index in [-0.39, 0.29) is 22.9 Å². The SMILES string of the molecule is O=C1N/C(=C/c2ccc(-c3ccccc3[N+](=O)[O-])o2)C(=O)N1c1ccccc1. The average molecular weight is 375 g/mol. The zero-order valence-electron chi connectivity index (χ0n) is 14.4. The van der Waals surface area contributed by atoms with Crippen LogP contribution in [-0.4, -0.2) is 16.9 Å². The van der Waals surface area contributed by atoms with E-state index in [9.17, 15) is 19.7 Å². The Morgan fingerprint density at radius 1 is 0.964 bits per heavy atom. The summed E-state index contributed by atoms with van der Waals surface area (Å²) in [6.07, 6.45) is 1.39. The second-order valence-electron chi connectivity index (χ2n) is 5.94. The van der Waals surface area contributed by atoms with Crippen LogP contribution >= 0.6 is 0 Å². The van der Waals surface area contributed by atoms with Crippen molar-refractivity contribution in [3.63, 3.8) is 0 Å². The van der Waals surface area contributed by atoms with E-state index < -0.39 is 16.9 Å². The minimum atomic E-state index is -0.562. The van der Waals surface area contributed by atoms with E-state index >= 15 is 0 Å². The number of furan rings is 1. The van der Waals surface area contributed by atoms with Crippen LogP contribution in [0.5, 0.6) is 0 Å². The molecule has 0 spiro atoms. The molecule has 0 atom stereocenters. The van der Waals surface area contributed by atoms with Gasteiger partial charge in [0.1, 0.15) is 17.2 Å². The Bertz CT molecular complexity index is 1120. The van der Waals surface area contributed by atoms with Crippen molar-refractivity contribution in [2.24, 2.45) is 0 Å². The number of amides is 3. The molecule has 1 aliphatic heterocycles. The Hall–Kier alpha value is -4.20. The quantitative estimate of drug-likeness (QED) is 0.322. The number of hydrogen-bond donors (Lipinski definition) is 1. The number of anilines is 1. The summed E-state index contributed by atoms with van der Waals surface area (Å²) < 4.78 is 5.64. The fourth-order valence-electron chi connectivity index (χ4n) is 2.91. The van der Waals surface area contributed by atoms with Gasteiger partial charge in [0, 0.05) is 12.1 Å². The Balaban J connectivity index is 1.64. The molecule has 1 aromatic heterocycles. The van der Waals surface area contributed by atoms with E-state index in [4.69, 9.17) is 4.42 Å². The van der Waals surface area contributed by atoms with E-state index in [1.165, 1.54) is 12.1 Å². The lowest BCUT2D eigenvalue weighted by Crippen LogP contribution is -2.30. The topological polar surface area (TPSA) is 106 Å². The van der Waals surface area contributed by atoms with Crippen LogP contribution in [0.4, 0.5) is 16.2 Å². The van der Waals surface area contributed by atoms with Crippen molar-refractivity contribution < 1.29 is 18.9 Å². The second-order valence-corrected chi connectivity index (χ2v) is 5.94. The van der Waals surface area contributed by atoms with Gasteiger partial charge in [-0.05, 0) is 30.3 Å². The molecule has 1 fully saturated rings. The zero-order chi connectivity index (χ0) is 19.7. The van der Waals surface area contributed by atoms with E-state index in [0.717, 1.165) is 4.90 Å². The van der Waals surface area contributed by atoms with Crippen molar-refractivity contribution in [1.29, 1.82) is 0 Å². The van der Waals surface area contributed by atoms with Gasteiger partial charge in [-0.25, -0.2) is 9.69 Å². The van der Waals surface area contributed by atoms with E-state index in [1.807, 2.05) is 0 Å². The van der Waals surface area contributed by atoms with Gasteiger partial charge in [-0.1, -0.05) is 30.3 Å². The first-order chi connectivity index (χ1) is 13.5. The molecule has 1 saturated heterocycles.